The number of methoxy groups -OCH3 is 3. The van der Waals surface area contributed by atoms with Gasteiger partial charge in [0.15, 0.2) is 16.6 Å². The van der Waals surface area contributed by atoms with E-state index in [0.717, 1.165) is 0 Å². The van der Waals surface area contributed by atoms with Crippen molar-refractivity contribution in [3.63, 3.8) is 0 Å². The van der Waals surface area contributed by atoms with Crippen LogP contribution in [-0.4, -0.2) is 49.7 Å². The maximum Gasteiger partial charge on any atom is 0.265 e. The summed E-state index contributed by atoms with van der Waals surface area (Å²) >= 11 is 5.02. The molecule has 0 bridgehead atoms. The Kier molecular flexibility index (Phi) is 5.76. The van der Waals surface area contributed by atoms with Crippen LogP contribution in [0.2, 0.25) is 0 Å². The van der Waals surface area contributed by atoms with E-state index in [1.165, 1.54) is 38.4 Å². The molecule has 8 heteroatoms. The van der Waals surface area contributed by atoms with E-state index in [1.54, 1.807) is 12.1 Å². The van der Waals surface area contributed by atoms with Crippen molar-refractivity contribution in [2.75, 3.05) is 27.9 Å². The lowest BCUT2D eigenvalue weighted by Gasteiger charge is -2.28. The molecule has 0 saturated carbocycles. The number of thiocarbonyl (C=S) groups is 1. The molecule has 0 unspecified atom stereocenters. The minimum atomic E-state index is -0.577. The number of nitrogens with zero attached hydrogens (tertiary/aromatic N) is 1. The van der Waals surface area contributed by atoms with Gasteiger partial charge in [-0.2, -0.15) is 0 Å². The summed E-state index contributed by atoms with van der Waals surface area (Å²) in [5, 5.41) is 2.54. The predicted octanol–water partition coefficient (Wildman–Crippen LogP) is 1.53. The van der Waals surface area contributed by atoms with Crippen LogP contribution in [0.4, 0.5) is 0 Å². The Bertz CT molecular complexity index is 773. The van der Waals surface area contributed by atoms with Crippen molar-refractivity contribution in [2.45, 2.75) is 0 Å². The fourth-order valence-corrected chi connectivity index (χ4v) is 2.63. The molecule has 1 aliphatic rings. The fraction of sp³-hybridized carbons (Fsp3) is 0.235. The first-order valence-corrected chi connectivity index (χ1v) is 7.68. The SMILES string of the molecule is C=CCN1C(=O)/C(=C\c2ccc(OC)c(OC)c2OC)C(=O)NC1=S. The van der Waals surface area contributed by atoms with Gasteiger partial charge in [-0.3, -0.25) is 19.8 Å². The molecule has 1 heterocycles. The smallest absolute Gasteiger partial charge is 0.265 e. The van der Waals surface area contributed by atoms with E-state index in [-0.39, 0.29) is 17.2 Å². The zero-order chi connectivity index (χ0) is 18.6. The second-order valence-corrected chi connectivity index (χ2v) is 5.33. The second kappa shape index (κ2) is 7.80. The number of carbonyl (C=O) groups is 2. The van der Waals surface area contributed by atoms with Crippen LogP contribution in [-0.2, 0) is 9.59 Å². The number of ether oxygens (including phenoxy) is 3. The maximum absolute atomic E-state index is 12.6. The van der Waals surface area contributed by atoms with Crippen LogP contribution in [0.5, 0.6) is 17.2 Å². The highest BCUT2D eigenvalue weighted by Crippen LogP contribution is 2.40. The van der Waals surface area contributed by atoms with Crippen molar-refractivity contribution in [2.24, 2.45) is 0 Å². The molecule has 0 atom stereocenters. The molecule has 0 spiro atoms. The highest BCUT2D eigenvalue weighted by Gasteiger charge is 2.33. The highest BCUT2D eigenvalue weighted by atomic mass is 32.1. The minimum absolute atomic E-state index is 0.0475. The Morgan fingerprint density at radius 2 is 1.84 bits per heavy atom. The number of amides is 2. The molecule has 0 aliphatic carbocycles. The molecule has 2 rings (SSSR count). The van der Waals surface area contributed by atoms with Crippen molar-refractivity contribution < 1.29 is 23.8 Å². The van der Waals surface area contributed by atoms with Crippen molar-refractivity contribution in [3.8, 4) is 17.2 Å². The minimum Gasteiger partial charge on any atom is -0.493 e. The average molecular weight is 362 g/mol. The molecule has 1 aliphatic heterocycles. The van der Waals surface area contributed by atoms with Gasteiger partial charge in [0, 0.05) is 12.1 Å². The summed E-state index contributed by atoms with van der Waals surface area (Å²) in [6.07, 6.45) is 2.95. The normalized spacial score (nSPS) is 15.9. The van der Waals surface area contributed by atoms with Crippen molar-refractivity contribution in [1.82, 2.24) is 10.2 Å². The summed E-state index contributed by atoms with van der Waals surface area (Å²) in [7, 11) is 4.43. The van der Waals surface area contributed by atoms with Crippen LogP contribution in [0.3, 0.4) is 0 Å². The van der Waals surface area contributed by atoms with Gasteiger partial charge in [0.05, 0.1) is 21.3 Å². The van der Waals surface area contributed by atoms with Crippen LogP contribution in [0, 0.1) is 0 Å². The molecular weight excluding hydrogens is 344 g/mol. The first kappa shape index (κ1) is 18.5. The Labute approximate surface area is 150 Å². The van der Waals surface area contributed by atoms with Crippen molar-refractivity contribution in [3.05, 3.63) is 35.9 Å². The van der Waals surface area contributed by atoms with Gasteiger partial charge in [-0.25, -0.2) is 0 Å². The third kappa shape index (κ3) is 3.48. The Morgan fingerprint density at radius 1 is 1.16 bits per heavy atom. The van der Waals surface area contributed by atoms with E-state index < -0.39 is 11.8 Å². The molecule has 0 radical (unpaired) electrons. The van der Waals surface area contributed by atoms with Gasteiger partial charge >= 0.3 is 0 Å². The number of rotatable bonds is 6. The van der Waals surface area contributed by atoms with Gasteiger partial charge in [-0.05, 0) is 30.4 Å². The third-order valence-electron chi connectivity index (χ3n) is 3.53. The van der Waals surface area contributed by atoms with Crippen molar-refractivity contribution in [1.29, 1.82) is 0 Å². The number of hydrogen-bond acceptors (Lipinski definition) is 6. The molecule has 25 heavy (non-hydrogen) atoms. The van der Waals surface area contributed by atoms with Crippen molar-refractivity contribution >= 4 is 35.2 Å². The summed E-state index contributed by atoms with van der Waals surface area (Å²) in [5.41, 5.74) is 0.422. The fourth-order valence-electron chi connectivity index (χ4n) is 2.38. The van der Waals surface area contributed by atoms with Crippen LogP contribution in [0.15, 0.2) is 30.4 Å². The third-order valence-corrected chi connectivity index (χ3v) is 3.85. The molecule has 1 N–H and O–H groups in total. The Hall–Kier alpha value is -2.87. The van der Waals surface area contributed by atoms with Gasteiger partial charge in [0.2, 0.25) is 5.75 Å². The number of hydrogen-bond donors (Lipinski definition) is 1. The molecule has 132 valence electrons. The van der Waals surface area contributed by atoms with Crippen LogP contribution >= 0.6 is 12.2 Å². The van der Waals surface area contributed by atoms with E-state index in [2.05, 4.69) is 11.9 Å². The number of benzene rings is 1. The molecule has 1 saturated heterocycles. The lowest BCUT2D eigenvalue weighted by atomic mass is 10.1. The Balaban J connectivity index is 2.54. The highest BCUT2D eigenvalue weighted by molar-refractivity contribution is 7.80. The van der Waals surface area contributed by atoms with E-state index in [4.69, 9.17) is 26.4 Å². The molecule has 1 aromatic carbocycles. The zero-order valence-corrected chi connectivity index (χ0v) is 14.9. The van der Waals surface area contributed by atoms with Gasteiger partial charge in [-0.15, -0.1) is 6.58 Å². The summed E-state index contributed by atoms with van der Waals surface area (Å²) in [4.78, 5) is 26.0. The summed E-state index contributed by atoms with van der Waals surface area (Å²) in [6, 6.07) is 3.32. The number of nitrogens with one attached hydrogen (secondary N) is 1. The monoisotopic (exact) mass is 362 g/mol. The first-order chi connectivity index (χ1) is 12.0. The standard InChI is InChI=1S/C17H18N2O5S/c1-5-8-19-16(21)11(15(20)18-17(19)25)9-10-6-7-12(22-2)14(24-4)13(10)23-3/h5-7,9H,1,8H2,2-4H3,(H,18,20,25)/b11-9-. The zero-order valence-electron chi connectivity index (χ0n) is 14.1. The summed E-state index contributed by atoms with van der Waals surface area (Å²) in [5.74, 6) is 0.0906. The van der Waals surface area contributed by atoms with Crippen LogP contribution in [0.25, 0.3) is 6.08 Å². The van der Waals surface area contributed by atoms with E-state index in [0.29, 0.717) is 22.8 Å². The van der Waals surface area contributed by atoms with Crippen LogP contribution < -0.4 is 19.5 Å². The lowest BCUT2D eigenvalue weighted by molar-refractivity contribution is -0.128. The van der Waals surface area contributed by atoms with Gasteiger partial charge in [0.1, 0.15) is 5.57 Å². The van der Waals surface area contributed by atoms with E-state index in [1.807, 2.05) is 0 Å². The second-order valence-electron chi connectivity index (χ2n) is 4.95. The maximum atomic E-state index is 12.6. The van der Waals surface area contributed by atoms with E-state index >= 15 is 0 Å². The van der Waals surface area contributed by atoms with E-state index in [9.17, 15) is 9.59 Å². The van der Waals surface area contributed by atoms with Gasteiger partial charge in [-0.1, -0.05) is 6.08 Å². The van der Waals surface area contributed by atoms with Gasteiger partial charge in [0.25, 0.3) is 11.8 Å². The average Bonchev–Trinajstić information content (AvgIpc) is 2.61. The quantitative estimate of drug-likeness (QED) is 0.358. The summed E-state index contributed by atoms with van der Waals surface area (Å²) in [6.45, 7) is 3.78. The molecule has 0 aromatic heterocycles. The molecule has 2 amide bonds. The lowest BCUT2D eigenvalue weighted by Crippen LogP contribution is -2.53. The van der Waals surface area contributed by atoms with Crippen LogP contribution in [0.1, 0.15) is 5.56 Å². The Morgan fingerprint density at radius 3 is 2.40 bits per heavy atom. The topological polar surface area (TPSA) is 77.1 Å². The molecular formula is C17H18N2O5S. The molecule has 1 aromatic rings. The summed E-state index contributed by atoms with van der Waals surface area (Å²) < 4.78 is 15.9. The molecule has 7 nitrogen and oxygen atoms in total. The predicted molar refractivity (Wildman–Crippen MR) is 96.7 cm³/mol. The largest absolute Gasteiger partial charge is 0.493 e. The van der Waals surface area contributed by atoms with Gasteiger partial charge < -0.3 is 14.2 Å². The first-order valence-electron chi connectivity index (χ1n) is 7.27. The number of carbonyl (C=O) groups excluding carboxylic acids is 2. The molecule has 1 fully saturated rings.